The number of pyridine rings is 1. The van der Waals surface area contributed by atoms with Gasteiger partial charge in [0.15, 0.2) is 11.4 Å². The van der Waals surface area contributed by atoms with E-state index in [-0.39, 0.29) is 22.5 Å². The van der Waals surface area contributed by atoms with Crippen LogP contribution < -0.4 is 26.7 Å². The van der Waals surface area contributed by atoms with Gasteiger partial charge < -0.3 is 15.6 Å². The molecule has 4 N–H and O–H groups in total. The quantitative estimate of drug-likeness (QED) is 0.223. The first-order valence-electron chi connectivity index (χ1n) is 13.1. The first-order valence-corrected chi connectivity index (χ1v) is 13.1. The van der Waals surface area contributed by atoms with Crippen molar-refractivity contribution in [3.8, 4) is 17.5 Å². The highest BCUT2D eigenvalue weighted by atomic mass is 16.2. The number of benzene rings is 2. The van der Waals surface area contributed by atoms with E-state index in [4.69, 9.17) is 10.7 Å². The van der Waals surface area contributed by atoms with Gasteiger partial charge in [-0.3, -0.25) is 19.0 Å². The van der Waals surface area contributed by atoms with Crippen LogP contribution in [-0.4, -0.2) is 30.1 Å². The minimum absolute atomic E-state index is 0.142. The molecule has 0 aliphatic rings. The second kappa shape index (κ2) is 10.5. The normalized spacial score (nSPS) is 11.7. The van der Waals surface area contributed by atoms with E-state index in [2.05, 4.69) is 27.2 Å². The molecule has 0 aliphatic heterocycles. The van der Waals surface area contributed by atoms with Crippen LogP contribution in [0.4, 0.5) is 5.82 Å². The number of amides is 1. The molecule has 1 amide bonds. The zero-order valence-corrected chi connectivity index (χ0v) is 22.7. The smallest absolute Gasteiger partial charge is 0.362 e. The Hall–Kier alpha value is -6.02. The molecule has 0 spiro atoms. The second-order valence-electron chi connectivity index (χ2n) is 9.67. The van der Waals surface area contributed by atoms with E-state index in [0.717, 1.165) is 0 Å². The number of rotatable bonds is 4. The number of para-hydroxylation sites is 1. The molecule has 0 radical (unpaired) electrons. The van der Waals surface area contributed by atoms with Gasteiger partial charge in [-0.1, -0.05) is 36.1 Å². The zero-order valence-electron chi connectivity index (χ0n) is 22.7. The minimum Gasteiger partial charge on any atom is -0.382 e. The van der Waals surface area contributed by atoms with Crippen LogP contribution in [0.15, 0.2) is 94.9 Å². The molecule has 2 aromatic carbocycles. The van der Waals surface area contributed by atoms with Crippen LogP contribution >= 0.6 is 0 Å². The van der Waals surface area contributed by atoms with Gasteiger partial charge in [0.2, 0.25) is 5.56 Å². The van der Waals surface area contributed by atoms with Gasteiger partial charge >= 0.3 is 5.65 Å². The SMILES string of the molecule is CC(NC(=O)c1c(N)[nH][n+]2cccnc12)c1nc2cccc(C#Cc3ccc(=O)n(C)c3)c2c(=O)n1-c1ccccc1. The average Bonchev–Trinajstić information content (AvgIpc) is 3.33. The van der Waals surface area contributed by atoms with Crippen LogP contribution in [0, 0.1) is 11.8 Å². The summed E-state index contributed by atoms with van der Waals surface area (Å²) in [4.78, 5) is 48.5. The highest BCUT2D eigenvalue weighted by molar-refractivity contribution is 6.03. The number of nitrogens with zero attached hydrogens (tertiary/aromatic N) is 5. The van der Waals surface area contributed by atoms with Gasteiger partial charge in [0.05, 0.1) is 22.6 Å². The number of hydrogen-bond acceptors (Lipinski definition) is 6. The van der Waals surface area contributed by atoms with Gasteiger partial charge in [-0.2, -0.15) is 0 Å². The minimum atomic E-state index is -0.701. The van der Waals surface area contributed by atoms with Gasteiger partial charge in [-0.05, 0) is 42.2 Å². The van der Waals surface area contributed by atoms with Crippen molar-refractivity contribution in [2.24, 2.45) is 7.05 Å². The summed E-state index contributed by atoms with van der Waals surface area (Å²) >= 11 is 0. The highest BCUT2D eigenvalue weighted by Gasteiger charge is 2.27. The molecule has 1 unspecified atom stereocenters. The molecule has 6 rings (SSSR count). The first-order chi connectivity index (χ1) is 20.3. The third-order valence-electron chi connectivity index (χ3n) is 6.81. The van der Waals surface area contributed by atoms with Crippen molar-refractivity contribution in [1.29, 1.82) is 0 Å². The Kier molecular flexibility index (Phi) is 6.56. The number of nitrogens with one attached hydrogen (secondary N) is 2. The monoisotopic (exact) mass is 557 g/mol. The molecule has 11 heteroatoms. The van der Waals surface area contributed by atoms with Crippen molar-refractivity contribution in [1.82, 2.24) is 29.5 Å². The summed E-state index contributed by atoms with van der Waals surface area (Å²) in [7, 11) is 1.65. The van der Waals surface area contributed by atoms with E-state index in [1.807, 2.05) is 18.2 Å². The fourth-order valence-corrected chi connectivity index (χ4v) is 4.79. The van der Waals surface area contributed by atoms with E-state index in [1.54, 1.807) is 79.5 Å². The molecule has 206 valence electrons. The maximum atomic E-state index is 14.2. The van der Waals surface area contributed by atoms with Crippen LogP contribution in [0.5, 0.6) is 0 Å². The molecule has 0 bridgehead atoms. The van der Waals surface area contributed by atoms with Crippen LogP contribution in [0.3, 0.4) is 0 Å². The summed E-state index contributed by atoms with van der Waals surface area (Å²) < 4.78 is 4.48. The van der Waals surface area contributed by atoms with Gasteiger partial charge in [0.1, 0.15) is 18.2 Å². The Morgan fingerprint density at radius 2 is 1.86 bits per heavy atom. The van der Waals surface area contributed by atoms with E-state index in [1.165, 1.54) is 15.2 Å². The number of hydrogen-bond donors (Lipinski definition) is 3. The maximum Gasteiger partial charge on any atom is 0.362 e. The Bertz CT molecular complexity index is 2190. The number of nitrogen functional groups attached to an aromatic ring is 1. The van der Waals surface area contributed by atoms with Crippen molar-refractivity contribution in [2.45, 2.75) is 13.0 Å². The van der Waals surface area contributed by atoms with Crippen LogP contribution in [0.25, 0.3) is 22.2 Å². The molecule has 42 heavy (non-hydrogen) atoms. The lowest BCUT2D eigenvalue weighted by atomic mass is 10.1. The number of H-pyrrole nitrogens is 1. The van der Waals surface area contributed by atoms with Crippen molar-refractivity contribution < 1.29 is 9.31 Å². The maximum absolute atomic E-state index is 14.2. The molecule has 0 saturated carbocycles. The summed E-state index contributed by atoms with van der Waals surface area (Å²) in [6.45, 7) is 1.75. The van der Waals surface area contributed by atoms with Crippen molar-refractivity contribution in [2.75, 3.05) is 5.73 Å². The molecule has 4 heterocycles. The molecule has 0 saturated heterocycles. The van der Waals surface area contributed by atoms with Gasteiger partial charge in [0, 0.05) is 36.5 Å². The zero-order chi connectivity index (χ0) is 29.4. The van der Waals surface area contributed by atoms with E-state index >= 15 is 0 Å². The molecule has 4 aromatic heterocycles. The second-order valence-corrected chi connectivity index (χ2v) is 9.67. The van der Waals surface area contributed by atoms with Gasteiger partial charge in [-0.25, -0.2) is 10.1 Å². The number of carbonyl (C=O) groups is 1. The number of nitrogens with two attached hydrogens (primary N) is 1. The van der Waals surface area contributed by atoms with E-state index < -0.39 is 11.9 Å². The van der Waals surface area contributed by atoms with E-state index in [0.29, 0.717) is 39.2 Å². The largest absolute Gasteiger partial charge is 0.382 e. The molecule has 1 atom stereocenters. The summed E-state index contributed by atoms with van der Waals surface area (Å²) in [6, 6.07) is 18.4. The summed E-state index contributed by atoms with van der Waals surface area (Å²) in [5.74, 6) is 6.14. The molecule has 0 fully saturated rings. The van der Waals surface area contributed by atoms with Crippen LogP contribution in [0.2, 0.25) is 0 Å². The number of anilines is 1. The summed E-state index contributed by atoms with van der Waals surface area (Å²) in [5, 5.41) is 6.17. The van der Waals surface area contributed by atoms with E-state index in [9.17, 15) is 14.4 Å². The summed E-state index contributed by atoms with van der Waals surface area (Å²) in [6.07, 6.45) is 4.91. The molecule has 11 nitrogen and oxygen atoms in total. The molecule has 6 aromatic rings. The lowest BCUT2D eigenvalue weighted by Gasteiger charge is -2.19. The Morgan fingerprint density at radius 3 is 2.64 bits per heavy atom. The Balaban J connectivity index is 1.47. The van der Waals surface area contributed by atoms with Crippen LogP contribution in [0.1, 0.15) is 40.3 Å². The van der Waals surface area contributed by atoms with Crippen molar-refractivity contribution in [3.05, 3.63) is 129 Å². The third-order valence-corrected chi connectivity index (χ3v) is 6.81. The molecular formula is C31H25N8O3+. The van der Waals surface area contributed by atoms with Crippen molar-refractivity contribution >= 4 is 28.3 Å². The average molecular weight is 558 g/mol. The standard InChI is InChI=1S/C31H24N8O3/c1-19(34-30(41)26-27(32)36-38-17-7-16-33-29(26)38)28-35-23-11-6-8-21(14-12-20-13-15-24(40)37(2)18-20)25(23)31(42)39(28)22-9-4-3-5-10-22/h3-11,13,15-19H,1-2H3,(H3,32,34,36,41)/p+1. The van der Waals surface area contributed by atoms with Crippen LogP contribution in [-0.2, 0) is 7.05 Å². The molecule has 0 aliphatic carbocycles. The predicted molar refractivity (Wildman–Crippen MR) is 157 cm³/mol. The topological polar surface area (TPSA) is 145 Å². The van der Waals surface area contributed by atoms with Gasteiger partial charge in [-0.15, -0.1) is 4.52 Å². The number of aryl methyl sites for hydroxylation is 1. The lowest BCUT2D eigenvalue weighted by Crippen LogP contribution is -2.34. The number of aromatic nitrogens is 6. The number of fused-ring (bicyclic) bond motifs is 2. The first kappa shape index (κ1) is 26.2. The van der Waals surface area contributed by atoms with Crippen molar-refractivity contribution in [3.63, 3.8) is 0 Å². The highest BCUT2D eigenvalue weighted by Crippen LogP contribution is 2.21. The molecular weight excluding hydrogens is 532 g/mol. The Morgan fingerprint density at radius 1 is 1.05 bits per heavy atom. The third kappa shape index (κ3) is 4.67. The summed E-state index contributed by atoms with van der Waals surface area (Å²) in [5.41, 5.74) is 8.32. The predicted octanol–water partition coefficient (Wildman–Crippen LogP) is 2.02. The van der Waals surface area contributed by atoms with Gasteiger partial charge in [0.25, 0.3) is 11.5 Å². The number of carbonyl (C=O) groups excluding carboxylic acids is 1. The fourth-order valence-electron chi connectivity index (χ4n) is 4.79. The number of aromatic amines is 1. The lowest BCUT2D eigenvalue weighted by molar-refractivity contribution is -0.577. The Labute approximate surface area is 238 Å². The fraction of sp³-hybridized carbons (Fsp3) is 0.0968.